The second kappa shape index (κ2) is 14.8. The molecule has 0 saturated carbocycles. The molecule has 0 unspecified atom stereocenters. The molecule has 3 heterocycles. The molecule has 0 aliphatic heterocycles. The normalized spacial score (nSPS) is 11.7. The van der Waals surface area contributed by atoms with E-state index in [1.54, 1.807) is 54.6 Å². The Morgan fingerprint density at radius 2 is 1.54 bits per heavy atom. The van der Waals surface area contributed by atoms with Crippen LogP contribution in [-0.2, 0) is 20.0 Å². The zero-order valence-electron chi connectivity index (χ0n) is 26.6. The van der Waals surface area contributed by atoms with Gasteiger partial charge in [-0.1, -0.05) is 49.7 Å². The van der Waals surface area contributed by atoms with E-state index in [-0.39, 0.29) is 58.0 Å². The van der Waals surface area contributed by atoms with Crippen molar-refractivity contribution in [2.45, 2.75) is 36.6 Å². The molecule has 0 saturated heterocycles. The number of benzene rings is 2. The average molecular weight is 691 g/mol. The predicted molar refractivity (Wildman–Crippen MR) is 179 cm³/mol. The highest BCUT2D eigenvalue weighted by atomic mass is 32.2. The van der Waals surface area contributed by atoms with Crippen LogP contribution in [0.2, 0.25) is 0 Å². The molecule has 250 valence electrons. The summed E-state index contributed by atoms with van der Waals surface area (Å²) in [4.78, 5) is 17.3. The summed E-state index contributed by atoms with van der Waals surface area (Å²) in [6.07, 6.45) is 4.56. The van der Waals surface area contributed by atoms with Gasteiger partial charge in [-0.15, -0.1) is 0 Å². The number of nitrogens with zero attached hydrogens (tertiary/aromatic N) is 4. The van der Waals surface area contributed by atoms with Crippen LogP contribution < -0.4 is 23.7 Å². The molecule has 0 radical (unpaired) electrons. The van der Waals surface area contributed by atoms with Crippen LogP contribution in [0.4, 0.5) is 5.82 Å². The number of methoxy groups -OCH3 is 1. The van der Waals surface area contributed by atoms with Crippen molar-refractivity contribution in [3.63, 3.8) is 0 Å². The predicted octanol–water partition coefficient (Wildman–Crippen LogP) is 5.32. The molecule has 3 aromatic heterocycles. The minimum absolute atomic E-state index is 0.0841. The lowest BCUT2D eigenvalue weighted by atomic mass is 10.1. The molecule has 0 spiro atoms. The maximum absolute atomic E-state index is 13.7. The Labute approximate surface area is 279 Å². The molecule has 0 fully saturated rings. The molecule has 13 nitrogen and oxygen atoms in total. The highest BCUT2D eigenvalue weighted by Crippen LogP contribution is 2.41. The Hall–Kier alpha value is -5.12. The van der Waals surface area contributed by atoms with Crippen LogP contribution in [0.1, 0.15) is 30.9 Å². The van der Waals surface area contributed by atoms with E-state index in [1.165, 1.54) is 43.9 Å². The number of sulfonamides is 2. The van der Waals surface area contributed by atoms with Gasteiger partial charge in [-0.3, -0.25) is 9.71 Å². The lowest BCUT2D eigenvalue weighted by molar-refractivity contribution is 0.292. The Morgan fingerprint density at radius 1 is 0.833 bits per heavy atom. The summed E-state index contributed by atoms with van der Waals surface area (Å²) in [7, 11) is -6.68. The van der Waals surface area contributed by atoms with E-state index in [0.29, 0.717) is 11.3 Å². The number of aryl methyl sites for hydroxylation is 1. The van der Waals surface area contributed by atoms with Crippen LogP contribution >= 0.6 is 0 Å². The van der Waals surface area contributed by atoms with Gasteiger partial charge in [0.15, 0.2) is 28.2 Å². The van der Waals surface area contributed by atoms with Crippen LogP contribution in [0.25, 0.3) is 11.4 Å². The van der Waals surface area contributed by atoms with Gasteiger partial charge in [0.1, 0.15) is 6.61 Å². The molecule has 15 heteroatoms. The highest BCUT2D eigenvalue weighted by Gasteiger charge is 2.26. The molecule has 5 rings (SSSR count). The third-order valence-electron chi connectivity index (χ3n) is 6.95. The molecule has 0 bridgehead atoms. The van der Waals surface area contributed by atoms with Gasteiger partial charge in [-0.25, -0.2) is 23.1 Å². The van der Waals surface area contributed by atoms with Crippen LogP contribution in [0.15, 0.2) is 101 Å². The first kappa shape index (κ1) is 34.2. The molecule has 0 atom stereocenters. The van der Waals surface area contributed by atoms with Crippen LogP contribution in [0.3, 0.4) is 0 Å². The van der Waals surface area contributed by atoms with Gasteiger partial charge in [0, 0.05) is 30.7 Å². The van der Waals surface area contributed by atoms with Gasteiger partial charge in [-0.2, -0.15) is 13.4 Å². The van der Waals surface area contributed by atoms with E-state index in [1.807, 2.05) is 20.8 Å². The lowest BCUT2D eigenvalue weighted by Gasteiger charge is -2.18. The standard InChI is InChI=1S/C33H34N6O7S2/c1-22(2)25-11-14-29(35-21-25)48(42,43)39-32-30(46-28-8-6-5-7-27(28)44-4)33(38-31(37-32)24-15-17-34-18-16-24)45-20-19-36-47(40,41)26-12-9-23(3)10-13-26/h5-18,21-22,36H,19-20H2,1-4H3,(H,37,38,39). The van der Waals surface area contributed by atoms with Crippen molar-refractivity contribution in [2.75, 3.05) is 25.0 Å². The SMILES string of the molecule is COc1ccccc1Oc1c(NS(=O)(=O)c2ccc(C(C)C)cn2)nc(-c2ccncc2)nc1OCCNS(=O)(=O)c1ccc(C)cc1. The van der Waals surface area contributed by atoms with Crippen molar-refractivity contribution in [3.05, 3.63) is 103 Å². The van der Waals surface area contributed by atoms with E-state index < -0.39 is 20.0 Å². The van der Waals surface area contributed by atoms with E-state index in [9.17, 15) is 16.8 Å². The van der Waals surface area contributed by atoms with Gasteiger partial charge >= 0.3 is 0 Å². The fourth-order valence-corrected chi connectivity index (χ4v) is 6.28. The van der Waals surface area contributed by atoms with Gasteiger partial charge in [0.05, 0.1) is 12.0 Å². The zero-order valence-corrected chi connectivity index (χ0v) is 28.2. The van der Waals surface area contributed by atoms with Gasteiger partial charge in [0.25, 0.3) is 15.9 Å². The fraction of sp³-hybridized carbons (Fsp3) is 0.212. The summed E-state index contributed by atoms with van der Waals surface area (Å²) < 4.78 is 75.6. The third kappa shape index (κ3) is 8.23. The van der Waals surface area contributed by atoms with Crippen molar-refractivity contribution in [1.29, 1.82) is 0 Å². The quantitative estimate of drug-likeness (QED) is 0.144. The van der Waals surface area contributed by atoms with Crippen molar-refractivity contribution >= 4 is 25.9 Å². The summed E-state index contributed by atoms with van der Waals surface area (Å²) in [6, 6.07) is 19.5. The topological polar surface area (TPSA) is 172 Å². The first-order chi connectivity index (χ1) is 23.0. The zero-order chi connectivity index (χ0) is 34.3. The summed E-state index contributed by atoms with van der Waals surface area (Å²) in [5.74, 6) is 0.166. The number of ether oxygens (including phenoxy) is 3. The van der Waals surface area contributed by atoms with Crippen molar-refractivity contribution < 1.29 is 31.0 Å². The number of anilines is 1. The molecular weight excluding hydrogens is 657 g/mol. The van der Waals surface area contributed by atoms with Crippen LogP contribution in [0.5, 0.6) is 23.1 Å². The molecule has 48 heavy (non-hydrogen) atoms. The fourth-order valence-electron chi connectivity index (χ4n) is 4.33. The smallest absolute Gasteiger partial charge is 0.280 e. The Balaban J connectivity index is 1.54. The molecule has 5 aromatic rings. The number of hydrogen-bond donors (Lipinski definition) is 2. The van der Waals surface area contributed by atoms with Gasteiger partial charge in [0.2, 0.25) is 15.8 Å². The van der Waals surface area contributed by atoms with E-state index in [0.717, 1.165) is 11.1 Å². The highest BCUT2D eigenvalue weighted by molar-refractivity contribution is 7.92. The molecular formula is C33H34N6O7S2. The Morgan fingerprint density at radius 3 is 2.19 bits per heavy atom. The van der Waals surface area contributed by atoms with Crippen LogP contribution in [0, 0.1) is 6.92 Å². The number of aromatic nitrogens is 4. The summed E-state index contributed by atoms with van der Waals surface area (Å²) in [5.41, 5.74) is 2.28. The summed E-state index contributed by atoms with van der Waals surface area (Å²) >= 11 is 0. The third-order valence-corrected chi connectivity index (χ3v) is 9.68. The van der Waals surface area contributed by atoms with Crippen molar-refractivity contribution in [3.8, 4) is 34.5 Å². The molecule has 2 aromatic carbocycles. The molecule has 0 aliphatic rings. The first-order valence-corrected chi connectivity index (χ1v) is 17.7. The number of hydrogen-bond acceptors (Lipinski definition) is 11. The summed E-state index contributed by atoms with van der Waals surface area (Å²) in [6.45, 7) is 5.46. The van der Waals surface area contributed by atoms with Crippen molar-refractivity contribution in [2.24, 2.45) is 0 Å². The largest absolute Gasteiger partial charge is 0.493 e. The second-order valence-corrected chi connectivity index (χ2v) is 14.2. The minimum Gasteiger partial charge on any atom is -0.493 e. The van der Waals surface area contributed by atoms with E-state index in [4.69, 9.17) is 14.2 Å². The Bertz CT molecular complexity index is 2080. The monoisotopic (exact) mass is 690 g/mol. The number of rotatable bonds is 14. The number of pyridine rings is 2. The lowest BCUT2D eigenvalue weighted by Crippen LogP contribution is -2.28. The molecule has 0 amide bonds. The maximum Gasteiger partial charge on any atom is 0.280 e. The van der Waals surface area contributed by atoms with Gasteiger partial charge in [-0.05, 0) is 60.9 Å². The second-order valence-electron chi connectivity index (χ2n) is 10.8. The summed E-state index contributed by atoms with van der Waals surface area (Å²) in [5, 5.41) is -0.243. The van der Waals surface area contributed by atoms with E-state index in [2.05, 4.69) is 29.4 Å². The molecule has 2 N–H and O–H groups in total. The van der Waals surface area contributed by atoms with E-state index >= 15 is 0 Å². The maximum atomic E-state index is 13.7. The van der Waals surface area contributed by atoms with Crippen molar-refractivity contribution in [1.82, 2.24) is 24.7 Å². The number of para-hydroxylation sites is 2. The molecule has 0 aliphatic carbocycles. The first-order valence-electron chi connectivity index (χ1n) is 14.8. The average Bonchev–Trinajstić information content (AvgIpc) is 3.08. The van der Waals surface area contributed by atoms with Gasteiger partial charge < -0.3 is 14.2 Å². The van der Waals surface area contributed by atoms with Crippen LogP contribution in [-0.4, -0.2) is 57.0 Å². The number of nitrogens with one attached hydrogen (secondary N) is 2. The minimum atomic E-state index is -4.30. The Kier molecular flexibility index (Phi) is 10.5.